The summed E-state index contributed by atoms with van der Waals surface area (Å²) in [6.07, 6.45) is 3.33. The van der Waals surface area contributed by atoms with Gasteiger partial charge in [-0.25, -0.2) is 8.42 Å². The predicted molar refractivity (Wildman–Crippen MR) is 95.6 cm³/mol. The highest BCUT2D eigenvalue weighted by Gasteiger charge is 2.26. The van der Waals surface area contributed by atoms with Crippen molar-refractivity contribution in [1.82, 2.24) is 4.98 Å². The molecule has 1 heterocycles. The van der Waals surface area contributed by atoms with Gasteiger partial charge in [-0.05, 0) is 24.5 Å². The molecule has 0 aliphatic rings. The quantitative estimate of drug-likeness (QED) is 0.676. The van der Waals surface area contributed by atoms with Gasteiger partial charge in [0.1, 0.15) is 4.90 Å². The standard InChI is InChI=1S/C17H16N2O2S2/c1-19(13-8-4-3-5-9-13)23(20,21)16-12-18-15-11-7-6-10-14(15)17(16)22-2/h3-12H,1-2H3. The average Bonchev–Trinajstić information content (AvgIpc) is 2.60. The molecule has 0 bridgehead atoms. The van der Waals surface area contributed by atoms with Gasteiger partial charge in [0.05, 0.1) is 11.2 Å². The Morgan fingerprint density at radius 3 is 2.35 bits per heavy atom. The maximum atomic E-state index is 13.0. The summed E-state index contributed by atoms with van der Waals surface area (Å²) in [5.41, 5.74) is 1.41. The Labute approximate surface area is 140 Å². The minimum absolute atomic E-state index is 0.232. The first-order chi connectivity index (χ1) is 11.1. The van der Waals surface area contributed by atoms with Crippen molar-refractivity contribution in [2.75, 3.05) is 17.6 Å². The molecule has 0 spiro atoms. The van der Waals surface area contributed by atoms with E-state index in [-0.39, 0.29) is 4.90 Å². The van der Waals surface area contributed by atoms with Crippen LogP contribution in [0, 0.1) is 0 Å². The maximum Gasteiger partial charge on any atom is 0.266 e. The van der Waals surface area contributed by atoms with E-state index in [1.165, 1.54) is 22.3 Å². The van der Waals surface area contributed by atoms with Gasteiger partial charge in [-0.15, -0.1) is 11.8 Å². The van der Waals surface area contributed by atoms with Gasteiger partial charge in [0.15, 0.2) is 0 Å². The highest BCUT2D eigenvalue weighted by atomic mass is 32.2. The largest absolute Gasteiger partial charge is 0.269 e. The molecule has 118 valence electrons. The van der Waals surface area contributed by atoms with Crippen molar-refractivity contribution in [1.29, 1.82) is 0 Å². The first-order valence-electron chi connectivity index (χ1n) is 7.01. The summed E-state index contributed by atoms with van der Waals surface area (Å²) in [5, 5.41) is 0.850. The Morgan fingerprint density at radius 2 is 1.65 bits per heavy atom. The third-order valence-corrected chi connectivity index (χ3v) is 6.43. The number of aromatic nitrogens is 1. The molecule has 0 amide bonds. The number of anilines is 1. The summed E-state index contributed by atoms with van der Waals surface area (Å²) in [6, 6.07) is 16.6. The number of thioether (sulfide) groups is 1. The Balaban J connectivity index is 2.19. The fraction of sp³-hybridized carbons (Fsp3) is 0.118. The van der Waals surface area contributed by atoms with E-state index in [1.54, 1.807) is 19.2 Å². The van der Waals surface area contributed by atoms with Crippen LogP contribution in [0.2, 0.25) is 0 Å². The monoisotopic (exact) mass is 344 g/mol. The van der Waals surface area contributed by atoms with Gasteiger partial charge < -0.3 is 0 Å². The summed E-state index contributed by atoms with van der Waals surface area (Å²) < 4.78 is 27.3. The highest BCUT2D eigenvalue weighted by molar-refractivity contribution is 8.00. The van der Waals surface area contributed by atoms with E-state index in [0.29, 0.717) is 5.69 Å². The number of benzene rings is 2. The molecule has 6 heteroatoms. The molecule has 0 N–H and O–H groups in total. The van der Waals surface area contributed by atoms with Crippen molar-refractivity contribution in [3.63, 3.8) is 0 Å². The van der Waals surface area contributed by atoms with E-state index in [0.717, 1.165) is 15.8 Å². The van der Waals surface area contributed by atoms with E-state index in [9.17, 15) is 8.42 Å². The van der Waals surface area contributed by atoms with Gasteiger partial charge in [-0.3, -0.25) is 9.29 Å². The van der Waals surface area contributed by atoms with Crippen molar-refractivity contribution < 1.29 is 8.42 Å². The summed E-state index contributed by atoms with van der Waals surface area (Å²) >= 11 is 1.42. The van der Waals surface area contributed by atoms with Crippen molar-refractivity contribution in [2.24, 2.45) is 0 Å². The molecule has 1 aromatic heterocycles. The second-order valence-corrected chi connectivity index (χ2v) is 7.74. The first-order valence-corrected chi connectivity index (χ1v) is 9.68. The van der Waals surface area contributed by atoms with E-state index >= 15 is 0 Å². The van der Waals surface area contributed by atoms with Crippen LogP contribution in [0.15, 0.2) is 70.6 Å². The van der Waals surface area contributed by atoms with Crippen molar-refractivity contribution in [2.45, 2.75) is 9.79 Å². The lowest BCUT2D eigenvalue weighted by atomic mass is 10.2. The molecule has 0 fully saturated rings. The lowest BCUT2D eigenvalue weighted by Crippen LogP contribution is -2.27. The summed E-state index contributed by atoms with van der Waals surface area (Å²) in [5.74, 6) is 0. The van der Waals surface area contributed by atoms with Gasteiger partial charge in [0.25, 0.3) is 10.0 Å². The molecule has 23 heavy (non-hydrogen) atoms. The molecule has 0 unspecified atom stereocenters. The van der Waals surface area contributed by atoms with Crippen molar-refractivity contribution in [3.8, 4) is 0 Å². The van der Waals surface area contributed by atoms with Crippen molar-refractivity contribution in [3.05, 3.63) is 60.8 Å². The van der Waals surface area contributed by atoms with Crippen LogP contribution in [0.1, 0.15) is 0 Å². The highest BCUT2D eigenvalue weighted by Crippen LogP contribution is 2.33. The molecule has 0 radical (unpaired) electrons. The number of hydrogen-bond donors (Lipinski definition) is 0. The molecule has 0 aliphatic heterocycles. The molecule has 0 saturated carbocycles. The third-order valence-electron chi connectivity index (χ3n) is 3.66. The van der Waals surface area contributed by atoms with Crippen LogP contribution in [-0.2, 0) is 10.0 Å². The fourth-order valence-corrected chi connectivity index (χ4v) is 4.85. The molecular weight excluding hydrogens is 328 g/mol. The second-order valence-electron chi connectivity index (χ2n) is 4.98. The van der Waals surface area contributed by atoms with Gasteiger partial charge in [-0.1, -0.05) is 36.4 Å². The molecule has 4 nitrogen and oxygen atoms in total. The van der Waals surface area contributed by atoms with Gasteiger partial charge >= 0.3 is 0 Å². The van der Waals surface area contributed by atoms with E-state index < -0.39 is 10.0 Å². The molecule has 3 aromatic rings. The lowest BCUT2D eigenvalue weighted by Gasteiger charge is -2.21. The zero-order chi connectivity index (χ0) is 16.4. The number of sulfonamides is 1. The number of para-hydroxylation sites is 2. The third kappa shape index (κ3) is 2.80. The molecule has 3 rings (SSSR count). The van der Waals surface area contributed by atoms with Crippen molar-refractivity contribution >= 4 is 38.4 Å². The SMILES string of the molecule is CSc1c(S(=O)(=O)N(C)c2ccccc2)cnc2ccccc12. The molecule has 0 aliphatic carbocycles. The van der Waals surface area contributed by atoms with Crippen LogP contribution < -0.4 is 4.31 Å². The van der Waals surface area contributed by atoms with Gasteiger partial charge in [0, 0.05) is 23.5 Å². The Morgan fingerprint density at radius 1 is 1.00 bits per heavy atom. The lowest BCUT2D eigenvalue weighted by molar-refractivity contribution is 0.592. The number of hydrogen-bond acceptors (Lipinski definition) is 4. The average molecular weight is 344 g/mol. The fourth-order valence-electron chi connectivity index (χ4n) is 2.42. The number of fused-ring (bicyclic) bond motifs is 1. The first kappa shape index (κ1) is 15.8. The normalized spacial score (nSPS) is 11.6. The molecule has 2 aromatic carbocycles. The number of rotatable bonds is 4. The summed E-state index contributed by atoms with van der Waals surface area (Å²) in [4.78, 5) is 5.27. The minimum Gasteiger partial charge on any atom is -0.269 e. The molecular formula is C17H16N2O2S2. The van der Waals surface area contributed by atoms with Crippen LogP contribution >= 0.6 is 11.8 Å². The van der Waals surface area contributed by atoms with E-state index in [2.05, 4.69) is 4.98 Å². The van der Waals surface area contributed by atoms with Crippen LogP contribution in [0.3, 0.4) is 0 Å². The molecule has 0 saturated heterocycles. The smallest absolute Gasteiger partial charge is 0.266 e. The minimum atomic E-state index is -3.68. The Bertz CT molecular complexity index is 941. The Hall–Kier alpha value is -2.05. The van der Waals surface area contributed by atoms with E-state index in [1.807, 2.05) is 48.7 Å². The topological polar surface area (TPSA) is 50.3 Å². The van der Waals surface area contributed by atoms with Crippen LogP contribution in [-0.4, -0.2) is 26.7 Å². The van der Waals surface area contributed by atoms with Crippen LogP contribution in [0.5, 0.6) is 0 Å². The maximum absolute atomic E-state index is 13.0. The van der Waals surface area contributed by atoms with Gasteiger partial charge in [-0.2, -0.15) is 0 Å². The Kier molecular flexibility index (Phi) is 4.28. The predicted octanol–water partition coefficient (Wildman–Crippen LogP) is 3.78. The second kappa shape index (κ2) is 6.22. The number of nitrogens with zero attached hydrogens (tertiary/aromatic N) is 2. The zero-order valence-corrected chi connectivity index (χ0v) is 14.4. The van der Waals surface area contributed by atoms with E-state index in [4.69, 9.17) is 0 Å². The van der Waals surface area contributed by atoms with Crippen LogP contribution in [0.25, 0.3) is 10.9 Å². The zero-order valence-electron chi connectivity index (χ0n) is 12.8. The summed E-state index contributed by atoms with van der Waals surface area (Å²) in [6.45, 7) is 0. The number of pyridine rings is 1. The van der Waals surface area contributed by atoms with Crippen LogP contribution in [0.4, 0.5) is 5.69 Å². The molecule has 0 atom stereocenters. The summed E-state index contributed by atoms with van der Waals surface area (Å²) in [7, 11) is -2.12. The van der Waals surface area contributed by atoms with Gasteiger partial charge in [0.2, 0.25) is 0 Å².